The zero-order valence-electron chi connectivity index (χ0n) is 33.7. The van der Waals surface area contributed by atoms with Crippen molar-refractivity contribution in [1.29, 1.82) is 0 Å². The monoisotopic (exact) mass is 846 g/mol. The Morgan fingerprint density at radius 2 is 1.63 bits per heavy atom. The second-order valence-electron chi connectivity index (χ2n) is 16.4. The number of piperidine rings is 1. The Balaban J connectivity index is 1.22. The first-order valence-corrected chi connectivity index (χ1v) is 21.2. The molecule has 2 aliphatic heterocycles. The second-order valence-corrected chi connectivity index (χ2v) is 19.0. The topological polar surface area (TPSA) is 169 Å². The summed E-state index contributed by atoms with van der Waals surface area (Å²) < 4.78 is 46.4. The summed E-state index contributed by atoms with van der Waals surface area (Å²) in [7, 11) is -4.22. The molecule has 2 fully saturated rings. The van der Waals surface area contributed by atoms with E-state index in [0.29, 0.717) is 62.1 Å². The van der Waals surface area contributed by atoms with Gasteiger partial charge in [-0.2, -0.15) is 4.31 Å². The number of halogens is 2. The van der Waals surface area contributed by atoms with Crippen molar-refractivity contribution < 1.29 is 37.0 Å². The number of ether oxygens (including phenoxy) is 3. The average molecular weight is 848 g/mol. The van der Waals surface area contributed by atoms with Gasteiger partial charge in [-0.3, -0.25) is 10.1 Å². The Hall–Kier alpha value is -4.18. The van der Waals surface area contributed by atoms with Gasteiger partial charge in [0.05, 0.1) is 5.02 Å². The molecule has 2 saturated heterocycles. The Kier molecular flexibility index (Phi) is 13.7. The lowest BCUT2D eigenvalue weighted by atomic mass is 9.97. The van der Waals surface area contributed by atoms with E-state index in [1.54, 1.807) is 52.5 Å². The molecule has 0 aliphatic carbocycles. The number of aliphatic imine (C=N–C) groups is 1. The van der Waals surface area contributed by atoms with Gasteiger partial charge in [-0.15, -0.1) is 4.99 Å². The van der Waals surface area contributed by atoms with Gasteiger partial charge >= 0.3 is 12.2 Å². The van der Waals surface area contributed by atoms with Gasteiger partial charge < -0.3 is 24.4 Å². The summed E-state index contributed by atoms with van der Waals surface area (Å²) in [5, 5.41) is 6.65. The Labute approximate surface area is 344 Å². The first-order valence-electron chi connectivity index (χ1n) is 19.0. The van der Waals surface area contributed by atoms with E-state index in [1.807, 2.05) is 32.0 Å². The number of nitrogens with one attached hydrogen (secondary N) is 2. The number of fused-ring (bicyclic) bond motifs is 1. The average Bonchev–Trinajstić information content (AvgIpc) is 3.60. The normalized spacial score (nSPS) is 17.4. The first-order chi connectivity index (χ1) is 26.6. The van der Waals surface area contributed by atoms with Crippen LogP contribution >= 0.6 is 23.2 Å². The summed E-state index contributed by atoms with van der Waals surface area (Å²) in [6, 6.07) is 9.49. The Morgan fingerprint density at radius 3 is 2.30 bits per heavy atom. The highest BCUT2D eigenvalue weighted by molar-refractivity contribution is 7.89. The third-order valence-electron chi connectivity index (χ3n) is 9.44. The molecule has 17 heteroatoms. The third-order valence-corrected chi connectivity index (χ3v) is 12.3. The van der Waals surface area contributed by atoms with Crippen molar-refractivity contribution in [2.45, 2.75) is 110 Å². The molecule has 1 atom stereocenters. The fourth-order valence-corrected chi connectivity index (χ4v) is 9.32. The number of amides is 3. The van der Waals surface area contributed by atoms with E-state index in [0.717, 1.165) is 16.6 Å². The van der Waals surface area contributed by atoms with Crippen LogP contribution in [0.5, 0.6) is 5.75 Å². The smallest absolute Gasteiger partial charge is 0.437 e. The van der Waals surface area contributed by atoms with Crippen molar-refractivity contribution in [3.8, 4) is 5.75 Å². The van der Waals surface area contributed by atoms with E-state index in [-0.39, 0.29) is 40.0 Å². The summed E-state index contributed by atoms with van der Waals surface area (Å²) in [5.41, 5.74) is 1.30. The zero-order valence-corrected chi connectivity index (χ0v) is 36.0. The molecule has 1 aromatic heterocycles. The minimum absolute atomic E-state index is 0.0131. The second kappa shape index (κ2) is 17.8. The standard InChI is InChI=1S/C40H52Cl2N6O8S/c1-24-21-25(2)44-34-27(24)11-9-13-31(34)54-23-28-29(41)14-15-32(33(28)42)57(52,53)48-18-10-12-30(48)35(49)43-22-26-16-19-47(20-17-26)36(45-37(50)55-39(3,4)5)46-38(51)56-40(6,7)8/h9,11,13-15,21,26,30H,10,12,16-20,22-23H2,1-8H3,(H,43,49)(H,45,46,50,51)/t30-/m0/s1. The van der Waals surface area contributed by atoms with Gasteiger partial charge in [0.25, 0.3) is 0 Å². The number of guanidine groups is 1. The van der Waals surface area contributed by atoms with Crippen LogP contribution in [0, 0.1) is 19.8 Å². The number of alkyl carbamates (subject to hydrolysis) is 1. The molecule has 0 bridgehead atoms. The van der Waals surface area contributed by atoms with E-state index in [4.69, 9.17) is 37.4 Å². The quantitative estimate of drug-likeness (QED) is 0.171. The van der Waals surface area contributed by atoms with Crippen molar-refractivity contribution in [2.75, 3.05) is 26.2 Å². The highest BCUT2D eigenvalue weighted by Gasteiger charge is 2.41. The molecule has 3 heterocycles. The zero-order chi connectivity index (χ0) is 41.9. The van der Waals surface area contributed by atoms with Crippen molar-refractivity contribution in [1.82, 2.24) is 24.8 Å². The SMILES string of the molecule is Cc1cc(C)c2cccc(OCc3c(Cl)ccc(S(=O)(=O)N4CCC[C@H]4C(=O)NCC4CCN(/C(=N/C(=O)OC(C)(C)C)NC(=O)OC(C)(C)C)CC4)c3Cl)c2n1. The van der Waals surface area contributed by atoms with Crippen molar-refractivity contribution >= 4 is 68.2 Å². The lowest BCUT2D eigenvalue weighted by molar-refractivity contribution is -0.124. The van der Waals surface area contributed by atoms with Gasteiger partial charge in [-0.05, 0) is 117 Å². The Morgan fingerprint density at radius 1 is 0.947 bits per heavy atom. The fourth-order valence-electron chi connectivity index (χ4n) is 6.80. The van der Waals surface area contributed by atoms with Gasteiger partial charge in [-0.25, -0.2) is 23.0 Å². The highest BCUT2D eigenvalue weighted by atomic mass is 35.5. The van der Waals surface area contributed by atoms with Crippen LogP contribution in [0.2, 0.25) is 10.0 Å². The van der Waals surface area contributed by atoms with Gasteiger partial charge in [0.1, 0.15) is 40.0 Å². The number of sulfonamides is 1. The van der Waals surface area contributed by atoms with Crippen LogP contribution in [-0.2, 0) is 30.9 Å². The summed E-state index contributed by atoms with van der Waals surface area (Å²) in [4.78, 5) is 49.1. The molecule has 14 nitrogen and oxygen atoms in total. The Bertz CT molecular complexity index is 2140. The number of nitrogens with zero attached hydrogens (tertiary/aromatic N) is 4. The molecule has 310 valence electrons. The van der Waals surface area contributed by atoms with Crippen molar-refractivity contribution in [3.63, 3.8) is 0 Å². The number of aromatic nitrogens is 1. The maximum Gasteiger partial charge on any atom is 0.437 e. The minimum atomic E-state index is -4.22. The van der Waals surface area contributed by atoms with Gasteiger partial charge in [-0.1, -0.05) is 35.3 Å². The number of aryl methyl sites for hydroxylation is 2. The number of carbonyl (C=O) groups excluding carboxylic acids is 3. The predicted octanol–water partition coefficient (Wildman–Crippen LogP) is 7.53. The van der Waals surface area contributed by atoms with Crippen LogP contribution in [0.25, 0.3) is 10.9 Å². The predicted molar refractivity (Wildman–Crippen MR) is 219 cm³/mol. The molecule has 5 rings (SSSR count). The largest absolute Gasteiger partial charge is 0.487 e. The number of hydrogen-bond acceptors (Lipinski definition) is 9. The van der Waals surface area contributed by atoms with Crippen LogP contribution in [0.4, 0.5) is 9.59 Å². The van der Waals surface area contributed by atoms with Crippen molar-refractivity contribution in [3.05, 3.63) is 63.3 Å². The molecule has 57 heavy (non-hydrogen) atoms. The van der Waals surface area contributed by atoms with Crippen LogP contribution in [-0.4, -0.2) is 90.1 Å². The number of para-hydroxylation sites is 1. The lowest BCUT2D eigenvalue weighted by Gasteiger charge is -2.34. The summed E-state index contributed by atoms with van der Waals surface area (Å²) in [6.07, 6.45) is 0.410. The number of likely N-dealkylation sites (tertiary alicyclic amines) is 1. The van der Waals surface area contributed by atoms with E-state index in [1.165, 1.54) is 16.4 Å². The maximum atomic E-state index is 14.1. The first kappa shape index (κ1) is 43.9. The number of rotatable bonds is 8. The number of hydrogen-bond donors (Lipinski definition) is 2. The van der Waals surface area contributed by atoms with E-state index >= 15 is 0 Å². The molecular weight excluding hydrogens is 795 g/mol. The van der Waals surface area contributed by atoms with Gasteiger partial charge in [0.2, 0.25) is 21.9 Å². The summed E-state index contributed by atoms with van der Waals surface area (Å²) >= 11 is 13.3. The lowest BCUT2D eigenvalue weighted by Crippen LogP contribution is -2.51. The molecule has 0 unspecified atom stereocenters. The summed E-state index contributed by atoms with van der Waals surface area (Å²) in [6.45, 7) is 15.4. The van der Waals surface area contributed by atoms with Crippen molar-refractivity contribution in [2.24, 2.45) is 10.9 Å². The fraction of sp³-hybridized carbons (Fsp3) is 0.525. The van der Waals surface area contributed by atoms with E-state index in [9.17, 15) is 22.8 Å². The summed E-state index contributed by atoms with van der Waals surface area (Å²) in [5.74, 6) is 0.159. The number of carbonyl (C=O) groups is 3. The molecular formula is C40H52Cl2N6O8S. The molecule has 2 aromatic carbocycles. The van der Waals surface area contributed by atoms with Crippen LogP contribution < -0.4 is 15.4 Å². The maximum absolute atomic E-state index is 14.1. The molecule has 0 saturated carbocycles. The number of pyridine rings is 1. The molecule has 0 radical (unpaired) electrons. The van der Waals surface area contributed by atoms with Crippen LogP contribution in [0.15, 0.2) is 46.3 Å². The number of benzene rings is 2. The molecule has 0 spiro atoms. The molecule has 2 N–H and O–H groups in total. The van der Waals surface area contributed by atoms with Gasteiger partial charge in [0.15, 0.2) is 0 Å². The van der Waals surface area contributed by atoms with Crippen LogP contribution in [0.1, 0.15) is 84.0 Å². The third kappa shape index (κ3) is 11.3. The van der Waals surface area contributed by atoms with Gasteiger partial charge in [0, 0.05) is 47.8 Å². The molecule has 3 amide bonds. The molecule has 2 aliphatic rings. The van der Waals surface area contributed by atoms with E-state index in [2.05, 4.69) is 20.6 Å². The molecule has 3 aromatic rings. The highest BCUT2D eigenvalue weighted by Crippen LogP contribution is 2.37. The van der Waals surface area contributed by atoms with E-state index < -0.39 is 45.4 Å². The van der Waals surface area contributed by atoms with Crippen LogP contribution in [0.3, 0.4) is 0 Å². The minimum Gasteiger partial charge on any atom is -0.487 e.